The Bertz CT molecular complexity index is 173. The van der Waals surface area contributed by atoms with Crippen LogP contribution < -0.4 is 5.32 Å². The molecular weight excluding hydrogens is 254 g/mol. The van der Waals surface area contributed by atoms with Gasteiger partial charge in [0, 0.05) is 27.8 Å². The molecule has 1 aliphatic rings. The number of carbonyl (C=O) groups excluding carboxylic acids is 1. The van der Waals surface area contributed by atoms with E-state index < -0.39 is 0 Å². The largest absolute Gasteiger partial charge is 0.396 e. The van der Waals surface area contributed by atoms with Gasteiger partial charge >= 0.3 is 0 Å². The van der Waals surface area contributed by atoms with E-state index in [-0.39, 0.29) is 1.43 Å². The molecule has 124 valence electrons. The number of carbonyl (C=O) groups is 1. The first-order chi connectivity index (χ1) is 9.68. The summed E-state index contributed by atoms with van der Waals surface area (Å²) < 4.78 is 5.02. The van der Waals surface area contributed by atoms with Gasteiger partial charge in [0.15, 0.2) is 0 Å². The molecule has 4 heteroatoms. The lowest BCUT2D eigenvalue weighted by atomic mass is 10.0. The molecule has 1 fully saturated rings. The summed E-state index contributed by atoms with van der Waals surface area (Å²) in [6.07, 6.45) is 9.70. The highest BCUT2D eigenvalue weighted by Gasteiger charge is 1.95. The second kappa shape index (κ2) is 20.7. The number of amides is 1. The van der Waals surface area contributed by atoms with E-state index in [0.717, 1.165) is 38.4 Å². The van der Waals surface area contributed by atoms with Crippen molar-refractivity contribution in [3.63, 3.8) is 0 Å². The molecule has 0 atom stereocenters. The number of rotatable bonds is 9. The van der Waals surface area contributed by atoms with Crippen molar-refractivity contribution in [2.75, 3.05) is 26.4 Å². The molecule has 0 saturated heterocycles. The molecule has 2 N–H and O–H groups in total. The van der Waals surface area contributed by atoms with Crippen molar-refractivity contribution < 1.29 is 16.1 Å². The van der Waals surface area contributed by atoms with Gasteiger partial charge in [-0.2, -0.15) is 0 Å². The lowest BCUT2D eigenvalue weighted by Crippen LogP contribution is -2.13. The van der Waals surface area contributed by atoms with Crippen LogP contribution >= 0.6 is 0 Å². The molecule has 20 heavy (non-hydrogen) atoms. The average Bonchev–Trinajstić information content (AvgIpc) is 2.35. The molecule has 1 aliphatic carbocycles. The third-order valence-corrected chi connectivity index (χ3v) is 2.84. The van der Waals surface area contributed by atoms with Gasteiger partial charge in [-0.05, 0) is 32.1 Å². The Hall–Kier alpha value is -0.610. The van der Waals surface area contributed by atoms with Gasteiger partial charge < -0.3 is 15.2 Å². The molecule has 0 aliphatic heterocycles. The van der Waals surface area contributed by atoms with E-state index in [1.54, 1.807) is 0 Å². The first kappa shape index (κ1) is 21.7. The van der Waals surface area contributed by atoms with Gasteiger partial charge in [-0.15, -0.1) is 0 Å². The van der Waals surface area contributed by atoms with Crippen LogP contribution in [0.3, 0.4) is 0 Å². The Kier molecular flexibility index (Phi) is 22.4. The summed E-state index contributed by atoms with van der Waals surface area (Å²) in [6, 6.07) is 0. The molecule has 0 spiro atoms. The zero-order valence-electron chi connectivity index (χ0n) is 13.7. The third-order valence-electron chi connectivity index (χ3n) is 2.84. The van der Waals surface area contributed by atoms with Gasteiger partial charge in [-0.3, -0.25) is 4.79 Å². The van der Waals surface area contributed by atoms with Crippen LogP contribution in [0.2, 0.25) is 0 Å². The van der Waals surface area contributed by atoms with Crippen molar-refractivity contribution in [3.8, 4) is 0 Å². The summed E-state index contributed by atoms with van der Waals surface area (Å²) in [5.74, 6) is 0.743. The molecule has 0 aromatic carbocycles. The van der Waals surface area contributed by atoms with Crippen molar-refractivity contribution in [2.24, 2.45) is 5.92 Å². The van der Waals surface area contributed by atoms with Crippen LogP contribution in [0.15, 0.2) is 0 Å². The minimum atomic E-state index is 0. The van der Waals surface area contributed by atoms with E-state index >= 15 is 0 Å². The monoisotopic (exact) mass is 291 g/mol. The number of hydrogen-bond donors (Lipinski definition) is 2. The molecule has 0 radical (unpaired) electrons. The summed E-state index contributed by atoms with van der Waals surface area (Å²) in [7, 11) is 0. The Labute approximate surface area is 126 Å². The Morgan fingerprint density at radius 2 is 1.85 bits per heavy atom. The maximum Gasteiger partial charge on any atom is 0.207 e. The van der Waals surface area contributed by atoms with Gasteiger partial charge in [0.05, 0.1) is 0 Å². The number of aliphatic hydroxyl groups is 1. The van der Waals surface area contributed by atoms with Crippen molar-refractivity contribution in [3.05, 3.63) is 0 Å². The topological polar surface area (TPSA) is 58.6 Å². The fourth-order valence-corrected chi connectivity index (χ4v) is 1.23. The fourth-order valence-electron chi connectivity index (χ4n) is 1.23. The van der Waals surface area contributed by atoms with Crippen LogP contribution in [0.1, 0.15) is 67.1 Å². The van der Waals surface area contributed by atoms with Crippen LogP contribution in [0.4, 0.5) is 0 Å². The Morgan fingerprint density at radius 3 is 2.15 bits per heavy atom. The van der Waals surface area contributed by atoms with E-state index in [4.69, 9.17) is 9.84 Å². The third kappa shape index (κ3) is 26.1. The van der Waals surface area contributed by atoms with Crippen molar-refractivity contribution >= 4 is 6.41 Å². The predicted molar refractivity (Wildman–Crippen MR) is 86.9 cm³/mol. The van der Waals surface area contributed by atoms with Gasteiger partial charge in [0.25, 0.3) is 0 Å². The van der Waals surface area contributed by atoms with Crippen LogP contribution in [0.25, 0.3) is 0 Å². The molecule has 1 amide bonds. The van der Waals surface area contributed by atoms with Gasteiger partial charge in [0.1, 0.15) is 0 Å². The second-order valence-corrected chi connectivity index (χ2v) is 5.30. The highest BCUT2D eigenvalue weighted by molar-refractivity contribution is 5.45. The Morgan fingerprint density at radius 1 is 1.25 bits per heavy atom. The van der Waals surface area contributed by atoms with Crippen molar-refractivity contribution in [1.29, 1.82) is 0 Å². The molecule has 1 saturated carbocycles. The van der Waals surface area contributed by atoms with Crippen LogP contribution in [-0.2, 0) is 9.53 Å². The first-order valence-corrected chi connectivity index (χ1v) is 8.04. The lowest BCUT2D eigenvalue weighted by molar-refractivity contribution is -0.109. The number of ether oxygens (including phenoxy) is 1. The molecular formula is C16H37NO3. The minimum absolute atomic E-state index is 0. The molecule has 0 bridgehead atoms. The quantitative estimate of drug-likeness (QED) is 0.506. The van der Waals surface area contributed by atoms with E-state index in [2.05, 4.69) is 19.2 Å². The molecule has 0 heterocycles. The highest BCUT2D eigenvalue weighted by atomic mass is 16.5. The zero-order chi connectivity index (χ0) is 15.5. The average molecular weight is 291 g/mol. The van der Waals surface area contributed by atoms with E-state index in [1.165, 1.54) is 25.7 Å². The van der Waals surface area contributed by atoms with E-state index in [9.17, 15) is 4.79 Å². The Balaban J connectivity index is -0.000000239. The maximum absolute atomic E-state index is 9.69. The summed E-state index contributed by atoms with van der Waals surface area (Å²) in [4.78, 5) is 9.69. The van der Waals surface area contributed by atoms with E-state index in [1.807, 2.05) is 6.92 Å². The molecule has 0 aromatic heterocycles. The predicted octanol–water partition coefficient (Wildman–Crippen LogP) is 3.38. The van der Waals surface area contributed by atoms with Crippen LogP contribution in [-0.4, -0.2) is 37.9 Å². The summed E-state index contributed by atoms with van der Waals surface area (Å²) in [5, 5.41) is 10.9. The summed E-state index contributed by atoms with van der Waals surface area (Å²) >= 11 is 0. The molecule has 0 unspecified atom stereocenters. The SMILES string of the molecule is C1CCC1.CC(C)CCCO.CCOCCCNC=O.[HH]. The normalized spacial score (nSPS) is 12.4. The molecule has 1 rings (SSSR count). The second-order valence-electron chi connectivity index (χ2n) is 5.30. The standard InChI is InChI=1S/C6H13NO2.C6H14O.C4H8.H2/c1-2-9-5-3-4-7-6-8;1-6(2)4-3-5-7;1-2-4-3-1;/h6H,2-5H2,1H3,(H,7,8);6-7H,3-5H2,1-2H3;1-4H2;1H. The van der Waals surface area contributed by atoms with Crippen molar-refractivity contribution in [1.82, 2.24) is 5.32 Å². The number of nitrogens with one attached hydrogen (secondary N) is 1. The smallest absolute Gasteiger partial charge is 0.207 e. The van der Waals surface area contributed by atoms with Crippen LogP contribution in [0.5, 0.6) is 0 Å². The lowest BCUT2D eigenvalue weighted by Gasteiger charge is -2.05. The minimum Gasteiger partial charge on any atom is -0.396 e. The molecule has 4 nitrogen and oxygen atoms in total. The van der Waals surface area contributed by atoms with Crippen molar-refractivity contribution in [2.45, 2.75) is 65.7 Å². The van der Waals surface area contributed by atoms with Crippen LogP contribution in [0, 0.1) is 5.92 Å². The highest BCUT2D eigenvalue weighted by Crippen LogP contribution is 2.15. The summed E-state index contributed by atoms with van der Waals surface area (Å²) in [5.41, 5.74) is 0. The first-order valence-electron chi connectivity index (χ1n) is 8.04. The summed E-state index contributed by atoms with van der Waals surface area (Å²) in [6.45, 7) is 8.82. The fraction of sp³-hybridized carbons (Fsp3) is 0.938. The van der Waals surface area contributed by atoms with Gasteiger partial charge in [-0.25, -0.2) is 0 Å². The van der Waals surface area contributed by atoms with Gasteiger partial charge in [0.2, 0.25) is 6.41 Å². The van der Waals surface area contributed by atoms with E-state index in [0.29, 0.717) is 19.6 Å². The zero-order valence-corrected chi connectivity index (χ0v) is 13.7. The molecule has 0 aromatic rings. The number of hydrogen-bond acceptors (Lipinski definition) is 3. The maximum atomic E-state index is 9.69. The number of aliphatic hydroxyl groups excluding tert-OH is 1. The van der Waals surface area contributed by atoms with Gasteiger partial charge in [-0.1, -0.05) is 39.5 Å².